The molecule has 1 aliphatic carbocycles. The Hall–Kier alpha value is -0.547. The average molecular weight is 601 g/mol. The molecule has 0 aliphatic heterocycles. The van der Waals surface area contributed by atoms with Crippen LogP contribution in [0.4, 0.5) is 43.9 Å². The summed E-state index contributed by atoms with van der Waals surface area (Å²) in [6.45, 7) is 4.82. The molecule has 1 N–H and O–H groups in total. The first-order valence-electron chi connectivity index (χ1n) is 8.37. The van der Waals surface area contributed by atoms with Crippen LogP contribution in [0.1, 0.15) is 31.9 Å². The van der Waals surface area contributed by atoms with Crippen molar-refractivity contribution in [3.8, 4) is 5.75 Å². The van der Waals surface area contributed by atoms with Gasteiger partial charge in [-0.3, -0.25) is 4.99 Å². The summed E-state index contributed by atoms with van der Waals surface area (Å²) in [5.41, 5.74) is -1.10. The minimum absolute atomic E-state index is 0.0483. The van der Waals surface area contributed by atoms with E-state index in [4.69, 9.17) is 17.0 Å². The van der Waals surface area contributed by atoms with E-state index in [0.717, 1.165) is 6.07 Å². The Morgan fingerprint density at radius 3 is 1.66 bits per heavy atom. The molecule has 1 saturated carbocycles. The zero-order valence-corrected chi connectivity index (χ0v) is 20.3. The van der Waals surface area contributed by atoms with Crippen LogP contribution in [0.2, 0.25) is 0 Å². The van der Waals surface area contributed by atoms with Gasteiger partial charge in [0.15, 0.2) is 6.04 Å². The molecule has 182 valence electrons. The molecule has 0 aromatic heterocycles. The molecule has 0 atom stereocenters. The van der Waals surface area contributed by atoms with Crippen LogP contribution in [0.25, 0.3) is 0 Å². The molecule has 15 heteroatoms. The summed E-state index contributed by atoms with van der Waals surface area (Å²) in [4.78, 5) is 2.42. The Balaban J connectivity index is 0.00000161. The summed E-state index contributed by atoms with van der Waals surface area (Å²) in [5, 5.41) is 10.1. The van der Waals surface area contributed by atoms with E-state index in [9.17, 15) is 49.0 Å². The number of benzene rings is 1. The number of aliphatic imine (C=N–C) groups is 1. The van der Waals surface area contributed by atoms with Gasteiger partial charge in [-0.1, -0.05) is 32.9 Å². The molecule has 0 amide bonds. The van der Waals surface area contributed by atoms with Crippen LogP contribution >= 0.6 is 17.0 Å². The van der Waals surface area contributed by atoms with Crippen molar-refractivity contribution in [1.82, 2.24) is 0 Å². The molecule has 0 unspecified atom stereocenters. The molecule has 0 heterocycles. The third-order valence-electron chi connectivity index (χ3n) is 4.55. The number of para-hydroxylation sites is 1. The van der Waals surface area contributed by atoms with Gasteiger partial charge >= 0.3 is 67.5 Å². The SMILES string of the molecule is CC(C)(C)c1cccc(C=NC2C(F)(F)C(F)(F)C(F)(F)C(F)(F)C2(F)F)c1O.[Cl][Zr][Cl]. The van der Waals surface area contributed by atoms with Gasteiger partial charge in [-0.05, 0) is 17.0 Å². The van der Waals surface area contributed by atoms with Crippen LogP contribution in [-0.2, 0) is 26.3 Å². The number of alkyl halides is 10. The molecule has 1 aromatic carbocycles. The van der Waals surface area contributed by atoms with Crippen molar-refractivity contribution < 1.29 is 69.9 Å². The van der Waals surface area contributed by atoms with E-state index < -0.39 is 73.2 Å². The van der Waals surface area contributed by atoms with Gasteiger partial charge in [0.05, 0.1) is 0 Å². The zero-order valence-electron chi connectivity index (χ0n) is 16.3. The molecule has 1 aliphatic rings. The van der Waals surface area contributed by atoms with E-state index >= 15 is 0 Å². The average Bonchev–Trinajstić information content (AvgIpc) is 2.61. The fourth-order valence-corrected chi connectivity index (χ4v) is 2.80. The second kappa shape index (κ2) is 9.25. The second-order valence-corrected chi connectivity index (χ2v) is 11.4. The standard InChI is InChI=1S/C17H15F10NO.2ClH.Zr/c1-12(2,3)9-6-4-5-8(10(9)29)7-28-11-13(18,19)15(22,23)17(26,27)16(24,25)14(11,20)21;;;/h4-7,11,29H,1-3H3;2*1H;/q;;;+2/p-2. The predicted octanol–water partition coefficient (Wildman–Crippen LogP) is 7.04. The first kappa shape index (κ1) is 29.5. The predicted molar refractivity (Wildman–Crippen MR) is 94.6 cm³/mol. The summed E-state index contributed by atoms with van der Waals surface area (Å²) in [5.74, 6) is -34.0. The number of phenols is 1. The number of rotatable bonds is 2. The second-order valence-electron chi connectivity index (χ2n) is 7.71. The maximum absolute atomic E-state index is 13.8. The van der Waals surface area contributed by atoms with Gasteiger partial charge in [-0.15, -0.1) is 0 Å². The molecule has 1 fully saturated rings. The van der Waals surface area contributed by atoms with E-state index in [1.807, 2.05) is 0 Å². The van der Waals surface area contributed by atoms with Gasteiger partial charge in [0.25, 0.3) is 0 Å². The number of phenolic OH excluding ortho intramolecular Hbond substituents is 1. The first-order valence-corrected chi connectivity index (χ1v) is 14.7. The topological polar surface area (TPSA) is 32.6 Å². The molecule has 32 heavy (non-hydrogen) atoms. The van der Waals surface area contributed by atoms with Crippen LogP contribution in [0.15, 0.2) is 23.2 Å². The molecular weight excluding hydrogens is 586 g/mol. The van der Waals surface area contributed by atoms with Gasteiger partial charge in [0.2, 0.25) is 0 Å². The van der Waals surface area contributed by atoms with Crippen molar-refractivity contribution >= 4 is 23.2 Å². The monoisotopic (exact) mass is 599 g/mol. The van der Waals surface area contributed by atoms with Gasteiger partial charge < -0.3 is 5.11 Å². The zero-order chi connectivity index (χ0) is 25.6. The Kier molecular flexibility index (Phi) is 8.52. The van der Waals surface area contributed by atoms with E-state index in [0.29, 0.717) is 0 Å². The van der Waals surface area contributed by atoms with Crippen molar-refractivity contribution in [2.45, 2.75) is 61.8 Å². The fraction of sp³-hybridized carbons (Fsp3) is 0.588. The molecule has 0 spiro atoms. The number of hydrogen-bond donors (Lipinski definition) is 1. The summed E-state index contributed by atoms with van der Waals surface area (Å²) in [7, 11) is 9.87. The van der Waals surface area contributed by atoms with E-state index in [2.05, 4.69) is 4.99 Å². The molecule has 2 nitrogen and oxygen atoms in total. The van der Waals surface area contributed by atoms with Crippen LogP contribution < -0.4 is 0 Å². The van der Waals surface area contributed by atoms with Gasteiger partial charge in [-0.2, -0.15) is 43.9 Å². The quantitative estimate of drug-likeness (QED) is 0.286. The summed E-state index contributed by atoms with van der Waals surface area (Å²) in [6, 6.07) is -0.953. The first-order chi connectivity index (χ1) is 14.2. The Morgan fingerprint density at radius 1 is 0.875 bits per heavy atom. The number of hydrogen-bond acceptors (Lipinski definition) is 2. The third kappa shape index (κ3) is 4.54. The van der Waals surface area contributed by atoms with Crippen molar-refractivity contribution in [3.05, 3.63) is 29.3 Å². The number of nitrogens with zero attached hydrogens (tertiary/aromatic N) is 1. The summed E-state index contributed by atoms with van der Waals surface area (Å²) < 4.78 is 135. The maximum atomic E-state index is 13.8. The van der Waals surface area contributed by atoms with Crippen molar-refractivity contribution in [2.24, 2.45) is 4.99 Å². The molecular formula is C17H15Cl2F10NOZr. The van der Waals surface area contributed by atoms with E-state index in [1.165, 1.54) is 12.1 Å². The van der Waals surface area contributed by atoms with Crippen molar-refractivity contribution in [3.63, 3.8) is 0 Å². The molecule has 0 saturated heterocycles. The van der Waals surface area contributed by atoms with E-state index in [-0.39, 0.29) is 11.8 Å². The number of aromatic hydroxyl groups is 1. The summed E-state index contributed by atoms with van der Waals surface area (Å²) in [6.07, 6.45) is 0.0483. The van der Waals surface area contributed by atoms with Crippen LogP contribution in [-0.4, -0.2) is 47.0 Å². The molecule has 0 radical (unpaired) electrons. The van der Waals surface area contributed by atoms with Crippen molar-refractivity contribution in [2.75, 3.05) is 0 Å². The van der Waals surface area contributed by atoms with Crippen LogP contribution in [0, 0.1) is 0 Å². The molecule has 0 bridgehead atoms. The van der Waals surface area contributed by atoms with Gasteiger partial charge in [0, 0.05) is 11.8 Å². The van der Waals surface area contributed by atoms with Gasteiger partial charge in [-0.25, -0.2) is 0 Å². The Morgan fingerprint density at radius 2 is 1.28 bits per heavy atom. The Bertz CT molecular complexity index is 828. The number of halogens is 12. The Labute approximate surface area is 194 Å². The normalized spacial score (nSPS) is 23.3. The van der Waals surface area contributed by atoms with Gasteiger partial charge in [0.1, 0.15) is 5.75 Å². The fourth-order valence-electron chi connectivity index (χ4n) is 2.80. The van der Waals surface area contributed by atoms with Crippen LogP contribution in [0.3, 0.4) is 0 Å². The van der Waals surface area contributed by atoms with E-state index in [1.54, 1.807) is 20.8 Å². The summed E-state index contributed by atoms with van der Waals surface area (Å²) >= 11 is -0.826. The minimum atomic E-state index is -7.03. The molecule has 2 rings (SSSR count). The van der Waals surface area contributed by atoms with Crippen LogP contribution in [0.5, 0.6) is 5.75 Å². The molecule has 1 aromatic rings. The van der Waals surface area contributed by atoms with Crippen molar-refractivity contribution in [1.29, 1.82) is 0 Å². The third-order valence-corrected chi connectivity index (χ3v) is 4.55.